The fourth-order valence-corrected chi connectivity index (χ4v) is 2.65. The number of hydrogen-bond donors (Lipinski definition) is 1. The van der Waals surface area contributed by atoms with Gasteiger partial charge >= 0.3 is 0 Å². The summed E-state index contributed by atoms with van der Waals surface area (Å²) in [5.41, 5.74) is 0.422. The zero-order chi connectivity index (χ0) is 14.8. The van der Waals surface area contributed by atoms with E-state index in [1.165, 1.54) is 19.3 Å². The molecule has 0 bridgehead atoms. The van der Waals surface area contributed by atoms with Crippen LogP contribution in [0.3, 0.4) is 0 Å². The number of benzene rings is 1. The predicted octanol–water partition coefficient (Wildman–Crippen LogP) is 4.60. The van der Waals surface area contributed by atoms with Gasteiger partial charge in [0.2, 0.25) is 0 Å². The van der Waals surface area contributed by atoms with Gasteiger partial charge in [-0.25, -0.2) is 0 Å². The zero-order valence-corrected chi connectivity index (χ0v) is 13.2. The maximum atomic E-state index is 12.8. The molecule has 0 heterocycles. The number of unbranched alkanes of at least 4 members (excludes halogenated alkanes) is 3. The molecule has 112 valence electrons. The number of nitrogens with one attached hydrogen (secondary N) is 1. The van der Waals surface area contributed by atoms with Crippen molar-refractivity contribution in [3.63, 3.8) is 0 Å². The summed E-state index contributed by atoms with van der Waals surface area (Å²) in [5, 5.41) is 3.54. The molecule has 2 heteroatoms. The Kier molecular flexibility index (Phi) is 7.53. The Hall–Kier alpha value is -1.15. The molecule has 0 saturated heterocycles. The third kappa shape index (κ3) is 4.45. The predicted molar refractivity (Wildman–Crippen MR) is 86.2 cm³/mol. The Morgan fingerprint density at radius 1 is 1.00 bits per heavy atom. The van der Waals surface area contributed by atoms with Crippen LogP contribution in [0.1, 0.15) is 69.7 Å². The van der Waals surface area contributed by atoms with Crippen molar-refractivity contribution >= 4 is 5.78 Å². The van der Waals surface area contributed by atoms with Crippen molar-refractivity contribution in [3.8, 4) is 0 Å². The Morgan fingerprint density at radius 2 is 1.65 bits per heavy atom. The average Bonchev–Trinajstić information content (AvgIpc) is 2.52. The van der Waals surface area contributed by atoms with Crippen LogP contribution in [0.2, 0.25) is 0 Å². The van der Waals surface area contributed by atoms with Gasteiger partial charge < -0.3 is 5.32 Å². The minimum atomic E-state index is -0.395. The van der Waals surface area contributed by atoms with Crippen LogP contribution >= 0.6 is 0 Å². The third-order valence-corrected chi connectivity index (χ3v) is 4.17. The third-order valence-electron chi connectivity index (χ3n) is 4.17. The monoisotopic (exact) mass is 275 g/mol. The van der Waals surface area contributed by atoms with Crippen LogP contribution in [-0.2, 0) is 0 Å². The number of hydrogen-bond acceptors (Lipinski definition) is 2. The van der Waals surface area contributed by atoms with E-state index in [1.807, 2.05) is 30.3 Å². The van der Waals surface area contributed by atoms with Crippen LogP contribution in [0, 0.1) is 0 Å². The Labute approximate surface area is 124 Å². The van der Waals surface area contributed by atoms with E-state index >= 15 is 0 Å². The normalized spacial score (nSPS) is 11.6. The van der Waals surface area contributed by atoms with Crippen molar-refractivity contribution in [1.29, 1.82) is 0 Å². The van der Waals surface area contributed by atoms with Crippen LogP contribution in [-0.4, -0.2) is 17.9 Å². The molecular formula is C18H29NO. The van der Waals surface area contributed by atoms with Gasteiger partial charge in [0.05, 0.1) is 5.54 Å². The number of ketones is 1. The maximum Gasteiger partial charge on any atom is 0.182 e. The highest BCUT2D eigenvalue weighted by molar-refractivity contribution is 6.03. The molecule has 0 aliphatic carbocycles. The smallest absolute Gasteiger partial charge is 0.182 e. The van der Waals surface area contributed by atoms with E-state index in [2.05, 4.69) is 26.1 Å². The van der Waals surface area contributed by atoms with E-state index in [-0.39, 0.29) is 5.78 Å². The van der Waals surface area contributed by atoms with Gasteiger partial charge in [0.1, 0.15) is 0 Å². The van der Waals surface area contributed by atoms with Gasteiger partial charge in [-0.05, 0) is 25.8 Å². The lowest BCUT2D eigenvalue weighted by atomic mass is 9.84. The number of carbonyl (C=O) groups is 1. The van der Waals surface area contributed by atoms with Crippen LogP contribution in [0.5, 0.6) is 0 Å². The SMILES string of the molecule is CCCCCCNC(CC)(CC)C(=O)c1ccccc1. The first-order valence-electron chi connectivity index (χ1n) is 8.05. The minimum Gasteiger partial charge on any atom is -0.305 e. The van der Waals surface area contributed by atoms with Gasteiger partial charge in [-0.2, -0.15) is 0 Å². The van der Waals surface area contributed by atoms with Crippen molar-refractivity contribution in [1.82, 2.24) is 5.32 Å². The lowest BCUT2D eigenvalue weighted by molar-refractivity contribution is 0.0837. The van der Waals surface area contributed by atoms with E-state index in [1.54, 1.807) is 0 Å². The second kappa shape index (κ2) is 8.91. The molecule has 0 aliphatic rings. The summed E-state index contributed by atoms with van der Waals surface area (Å²) < 4.78 is 0. The molecular weight excluding hydrogens is 246 g/mol. The highest BCUT2D eigenvalue weighted by Gasteiger charge is 2.34. The van der Waals surface area contributed by atoms with Gasteiger partial charge in [-0.15, -0.1) is 0 Å². The van der Waals surface area contributed by atoms with Gasteiger partial charge in [0, 0.05) is 5.56 Å². The molecule has 1 N–H and O–H groups in total. The Morgan fingerprint density at radius 3 is 2.20 bits per heavy atom. The van der Waals surface area contributed by atoms with Gasteiger partial charge in [-0.3, -0.25) is 4.79 Å². The molecule has 0 aromatic heterocycles. The van der Waals surface area contributed by atoms with E-state index in [0.29, 0.717) is 0 Å². The molecule has 0 saturated carbocycles. The van der Waals surface area contributed by atoms with Crippen LogP contribution in [0.4, 0.5) is 0 Å². The molecule has 0 amide bonds. The molecule has 0 unspecified atom stereocenters. The largest absolute Gasteiger partial charge is 0.305 e. The van der Waals surface area contributed by atoms with Gasteiger partial charge in [-0.1, -0.05) is 70.4 Å². The van der Waals surface area contributed by atoms with Crippen molar-refractivity contribution in [2.45, 2.75) is 64.8 Å². The van der Waals surface area contributed by atoms with Gasteiger partial charge in [0.25, 0.3) is 0 Å². The van der Waals surface area contributed by atoms with E-state index in [9.17, 15) is 4.79 Å². The summed E-state index contributed by atoms with van der Waals surface area (Å²) in [5.74, 6) is 0.235. The summed E-state index contributed by atoms with van der Waals surface area (Å²) >= 11 is 0. The van der Waals surface area contributed by atoms with Crippen LogP contribution in [0.15, 0.2) is 30.3 Å². The molecule has 0 fully saturated rings. The summed E-state index contributed by atoms with van der Waals surface area (Å²) in [7, 11) is 0. The van der Waals surface area contributed by atoms with Crippen LogP contribution in [0.25, 0.3) is 0 Å². The molecule has 1 aromatic rings. The quantitative estimate of drug-likeness (QED) is 0.499. The van der Waals surface area contributed by atoms with Crippen molar-refractivity contribution < 1.29 is 4.79 Å². The summed E-state index contributed by atoms with van der Waals surface area (Å²) in [4.78, 5) is 12.8. The van der Waals surface area contributed by atoms with E-state index in [4.69, 9.17) is 0 Å². The molecule has 0 atom stereocenters. The molecule has 20 heavy (non-hydrogen) atoms. The van der Waals surface area contributed by atoms with Gasteiger partial charge in [0.15, 0.2) is 5.78 Å². The topological polar surface area (TPSA) is 29.1 Å². The first-order chi connectivity index (χ1) is 9.70. The summed E-state index contributed by atoms with van der Waals surface area (Å²) in [6.07, 6.45) is 6.59. The van der Waals surface area contributed by atoms with Crippen molar-refractivity contribution in [2.24, 2.45) is 0 Å². The average molecular weight is 275 g/mol. The minimum absolute atomic E-state index is 0.235. The number of Topliss-reactive ketones (excluding diaryl/α,β-unsaturated/α-hetero) is 1. The molecule has 0 radical (unpaired) electrons. The number of rotatable bonds is 10. The lowest BCUT2D eigenvalue weighted by Gasteiger charge is -2.31. The molecule has 1 rings (SSSR count). The zero-order valence-electron chi connectivity index (χ0n) is 13.2. The van der Waals surface area contributed by atoms with Crippen molar-refractivity contribution in [2.75, 3.05) is 6.54 Å². The summed E-state index contributed by atoms with van der Waals surface area (Å²) in [6.45, 7) is 7.35. The lowest BCUT2D eigenvalue weighted by Crippen LogP contribution is -2.51. The maximum absolute atomic E-state index is 12.8. The second-order valence-corrected chi connectivity index (χ2v) is 5.47. The molecule has 1 aromatic carbocycles. The highest BCUT2D eigenvalue weighted by Crippen LogP contribution is 2.21. The Bertz CT molecular complexity index is 382. The molecule has 0 spiro atoms. The van der Waals surface area contributed by atoms with Crippen LogP contribution < -0.4 is 5.32 Å². The van der Waals surface area contributed by atoms with E-state index in [0.717, 1.165) is 31.4 Å². The fraction of sp³-hybridized carbons (Fsp3) is 0.611. The second-order valence-electron chi connectivity index (χ2n) is 5.47. The first-order valence-corrected chi connectivity index (χ1v) is 8.05. The fourth-order valence-electron chi connectivity index (χ4n) is 2.65. The number of carbonyl (C=O) groups excluding carboxylic acids is 1. The highest BCUT2D eigenvalue weighted by atomic mass is 16.1. The first kappa shape index (κ1) is 16.9. The summed E-state index contributed by atoms with van der Waals surface area (Å²) in [6, 6.07) is 9.66. The standard InChI is InChI=1S/C18H29NO/c1-4-7-8-12-15-19-18(5-2,6-3)17(20)16-13-10-9-11-14-16/h9-11,13-14,19H,4-8,12,15H2,1-3H3. The van der Waals surface area contributed by atoms with Crippen molar-refractivity contribution in [3.05, 3.63) is 35.9 Å². The van der Waals surface area contributed by atoms with E-state index < -0.39 is 5.54 Å². The molecule has 0 aliphatic heterocycles. The Balaban J connectivity index is 2.68. The molecule has 2 nitrogen and oxygen atoms in total.